The molecule has 3 N–H and O–H groups in total. The number of benzene rings is 2. The molecule has 0 bridgehead atoms. The summed E-state index contributed by atoms with van der Waals surface area (Å²) >= 11 is 0. The van der Waals surface area contributed by atoms with Crippen LogP contribution in [0.1, 0.15) is 36.7 Å². The van der Waals surface area contributed by atoms with Gasteiger partial charge in [0.1, 0.15) is 0 Å². The molecule has 1 aliphatic heterocycles. The van der Waals surface area contributed by atoms with Crippen LogP contribution in [-0.4, -0.2) is 17.7 Å². The molecule has 0 fully saturated rings. The van der Waals surface area contributed by atoms with Crippen LogP contribution in [0.4, 0.5) is 17.1 Å². The van der Waals surface area contributed by atoms with Gasteiger partial charge < -0.3 is 16.0 Å². The third-order valence-corrected chi connectivity index (χ3v) is 4.21. The Balaban J connectivity index is 1.82. The lowest BCUT2D eigenvalue weighted by Gasteiger charge is -2.15. The van der Waals surface area contributed by atoms with E-state index in [1.807, 2.05) is 13.8 Å². The number of anilines is 3. The van der Waals surface area contributed by atoms with Gasteiger partial charge in [-0.1, -0.05) is 6.07 Å². The summed E-state index contributed by atoms with van der Waals surface area (Å²) in [6.45, 7) is 5.08. The Kier molecular flexibility index (Phi) is 4.04. The Bertz CT molecular complexity index is 887. The van der Waals surface area contributed by atoms with E-state index in [2.05, 4.69) is 16.0 Å². The molecule has 0 spiro atoms. The molecule has 0 radical (unpaired) electrons. The summed E-state index contributed by atoms with van der Waals surface area (Å²) in [6, 6.07) is 12.1. The van der Waals surface area contributed by atoms with Gasteiger partial charge in [0.25, 0.3) is 5.91 Å². The highest BCUT2D eigenvalue weighted by atomic mass is 16.2. The number of carbonyl (C=O) groups excluding carboxylic acids is 3. The number of hydrogen-bond donors (Lipinski definition) is 3. The minimum Gasteiger partial charge on any atom is -0.326 e. The Morgan fingerprint density at radius 3 is 2.36 bits per heavy atom. The lowest BCUT2D eigenvalue weighted by Crippen LogP contribution is -2.27. The van der Waals surface area contributed by atoms with Crippen molar-refractivity contribution in [3.8, 4) is 0 Å². The van der Waals surface area contributed by atoms with E-state index in [-0.39, 0.29) is 17.7 Å². The quantitative estimate of drug-likeness (QED) is 0.804. The molecule has 0 aliphatic carbocycles. The van der Waals surface area contributed by atoms with Gasteiger partial charge in [0.05, 0.1) is 5.41 Å². The van der Waals surface area contributed by atoms with Crippen molar-refractivity contribution in [1.29, 1.82) is 0 Å². The molecule has 0 unspecified atom stereocenters. The van der Waals surface area contributed by atoms with Crippen molar-refractivity contribution in [2.24, 2.45) is 0 Å². The van der Waals surface area contributed by atoms with Crippen LogP contribution in [0.3, 0.4) is 0 Å². The fourth-order valence-corrected chi connectivity index (χ4v) is 2.79. The molecule has 0 saturated carbocycles. The molecule has 1 heterocycles. The molecule has 3 amide bonds. The maximum Gasteiger partial charge on any atom is 0.255 e. The van der Waals surface area contributed by atoms with E-state index in [0.29, 0.717) is 16.9 Å². The second kappa shape index (κ2) is 6.05. The fraction of sp³-hybridized carbons (Fsp3) is 0.211. The van der Waals surface area contributed by atoms with Crippen LogP contribution in [-0.2, 0) is 15.0 Å². The van der Waals surface area contributed by atoms with Crippen molar-refractivity contribution in [3.63, 3.8) is 0 Å². The van der Waals surface area contributed by atoms with E-state index in [1.54, 1.807) is 42.5 Å². The molecule has 25 heavy (non-hydrogen) atoms. The van der Waals surface area contributed by atoms with Gasteiger partial charge in [-0.2, -0.15) is 0 Å². The van der Waals surface area contributed by atoms with Crippen molar-refractivity contribution in [1.82, 2.24) is 0 Å². The van der Waals surface area contributed by atoms with E-state index in [9.17, 15) is 14.4 Å². The highest BCUT2D eigenvalue weighted by molar-refractivity contribution is 6.09. The van der Waals surface area contributed by atoms with Gasteiger partial charge in [-0.25, -0.2) is 0 Å². The lowest BCUT2D eigenvalue weighted by molar-refractivity contribution is -0.119. The highest BCUT2D eigenvalue weighted by Gasteiger charge is 2.38. The average molecular weight is 337 g/mol. The van der Waals surface area contributed by atoms with Crippen LogP contribution in [0.25, 0.3) is 0 Å². The maximum absolute atomic E-state index is 12.5. The van der Waals surface area contributed by atoms with Crippen molar-refractivity contribution in [3.05, 3.63) is 53.6 Å². The van der Waals surface area contributed by atoms with E-state index in [0.717, 1.165) is 11.3 Å². The molecular formula is C19H19N3O3. The smallest absolute Gasteiger partial charge is 0.255 e. The minimum absolute atomic E-state index is 0.0805. The van der Waals surface area contributed by atoms with Gasteiger partial charge in [0.15, 0.2) is 0 Å². The van der Waals surface area contributed by atoms with E-state index in [4.69, 9.17) is 0 Å². The summed E-state index contributed by atoms with van der Waals surface area (Å²) in [6.07, 6.45) is 0. The molecule has 1 aliphatic rings. The molecule has 0 saturated heterocycles. The standard InChI is InChI=1S/C19H19N3O3/c1-11(23)20-13-5-4-6-14(10-13)21-17(24)12-7-8-16-15(9-12)19(2,3)18(25)22-16/h4-10H,1-3H3,(H,20,23)(H,21,24)(H,22,25). The van der Waals surface area contributed by atoms with Crippen molar-refractivity contribution < 1.29 is 14.4 Å². The van der Waals surface area contributed by atoms with E-state index < -0.39 is 5.41 Å². The SMILES string of the molecule is CC(=O)Nc1cccc(NC(=O)c2ccc3c(c2)C(C)(C)C(=O)N3)c1. The predicted octanol–water partition coefficient (Wildman–Crippen LogP) is 3.13. The summed E-state index contributed by atoms with van der Waals surface area (Å²) in [4.78, 5) is 35.7. The predicted molar refractivity (Wildman–Crippen MR) is 96.8 cm³/mol. The van der Waals surface area contributed by atoms with Crippen molar-refractivity contribution >= 4 is 34.8 Å². The number of carbonyl (C=O) groups is 3. The molecular weight excluding hydrogens is 318 g/mol. The molecule has 6 nitrogen and oxygen atoms in total. The van der Waals surface area contributed by atoms with Crippen LogP contribution in [0, 0.1) is 0 Å². The van der Waals surface area contributed by atoms with Gasteiger partial charge in [0, 0.05) is 29.5 Å². The van der Waals surface area contributed by atoms with Crippen LogP contribution in [0.5, 0.6) is 0 Å². The molecule has 6 heteroatoms. The second-order valence-electron chi connectivity index (χ2n) is 6.56. The Hall–Kier alpha value is -3.15. The van der Waals surface area contributed by atoms with Gasteiger partial charge in [-0.05, 0) is 55.8 Å². The first-order chi connectivity index (χ1) is 11.8. The number of amides is 3. The Morgan fingerprint density at radius 2 is 1.68 bits per heavy atom. The molecule has 2 aromatic rings. The topological polar surface area (TPSA) is 87.3 Å². The molecule has 128 valence electrons. The zero-order valence-electron chi connectivity index (χ0n) is 14.3. The third kappa shape index (κ3) is 3.24. The lowest BCUT2D eigenvalue weighted by atomic mass is 9.85. The second-order valence-corrected chi connectivity index (χ2v) is 6.56. The first-order valence-electron chi connectivity index (χ1n) is 7.92. The maximum atomic E-state index is 12.5. The summed E-state index contributed by atoms with van der Waals surface area (Å²) in [7, 11) is 0. The van der Waals surface area contributed by atoms with Crippen molar-refractivity contribution in [2.45, 2.75) is 26.2 Å². The summed E-state index contributed by atoms with van der Waals surface area (Å²) in [5, 5.41) is 8.30. The average Bonchev–Trinajstić information content (AvgIpc) is 2.76. The summed E-state index contributed by atoms with van der Waals surface area (Å²) in [5.41, 5.74) is 2.52. The normalized spacial score (nSPS) is 14.4. The van der Waals surface area contributed by atoms with Crippen LogP contribution in [0.15, 0.2) is 42.5 Å². The minimum atomic E-state index is -0.670. The zero-order valence-corrected chi connectivity index (χ0v) is 14.3. The van der Waals surface area contributed by atoms with Crippen LogP contribution in [0.2, 0.25) is 0 Å². The van der Waals surface area contributed by atoms with Gasteiger partial charge in [-0.3, -0.25) is 14.4 Å². The van der Waals surface area contributed by atoms with Crippen molar-refractivity contribution in [2.75, 3.05) is 16.0 Å². The molecule has 0 aromatic heterocycles. The van der Waals surface area contributed by atoms with Gasteiger partial charge in [0.2, 0.25) is 11.8 Å². The van der Waals surface area contributed by atoms with Crippen LogP contribution < -0.4 is 16.0 Å². The van der Waals surface area contributed by atoms with Gasteiger partial charge in [-0.15, -0.1) is 0 Å². The first kappa shape index (κ1) is 16.7. The number of rotatable bonds is 3. The Labute approximate surface area is 145 Å². The zero-order chi connectivity index (χ0) is 18.2. The number of nitrogens with one attached hydrogen (secondary N) is 3. The fourth-order valence-electron chi connectivity index (χ4n) is 2.79. The molecule has 0 atom stereocenters. The highest BCUT2D eigenvalue weighted by Crippen LogP contribution is 2.37. The third-order valence-electron chi connectivity index (χ3n) is 4.21. The first-order valence-corrected chi connectivity index (χ1v) is 7.92. The van der Waals surface area contributed by atoms with Crippen LogP contribution >= 0.6 is 0 Å². The summed E-state index contributed by atoms with van der Waals surface area (Å²) in [5.74, 6) is -0.539. The van der Waals surface area contributed by atoms with E-state index >= 15 is 0 Å². The van der Waals surface area contributed by atoms with E-state index in [1.165, 1.54) is 6.92 Å². The number of fused-ring (bicyclic) bond motifs is 1. The van der Waals surface area contributed by atoms with Gasteiger partial charge >= 0.3 is 0 Å². The molecule has 2 aromatic carbocycles. The largest absolute Gasteiger partial charge is 0.326 e. The monoisotopic (exact) mass is 337 g/mol. The molecule has 3 rings (SSSR count). The Morgan fingerprint density at radius 1 is 1.00 bits per heavy atom. The number of hydrogen-bond acceptors (Lipinski definition) is 3. The summed E-state index contributed by atoms with van der Waals surface area (Å²) < 4.78 is 0.